The van der Waals surface area contributed by atoms with Crippen molar-refractivity contribution in [1.82, 2.24) is 15.0 Å². The van der Waals surface area contributed by atoms with Crippen LogP contribution in [0, 0.1) is 6.92 Å². The number of aliphatic hydroxyl groups excluding tert-OH is 1. The summed E-state index contributed by atoms with van der Waals surface area (Å²) < 4.78 is 6.28. The molecule has 0 saturated carbocycles. The summed E-state index contributed by atoms with van der Waals surface area (Å²) in [7, 11) is 1.32. The minimum absolute atomic E-state index is 0.0446. The van der Waals surface area contributed by atoms with Crippen molar-refractivity contribution in [3.8, 4) is 0 Å². The van der Waals surface area contributed by atoms with Crippen LogP contribution in [0.2, 0.25) is 0 Å². The molecule has 0 spiro atoms. The Balaban J connectivity index is 2.21. The van der Waals surface area contributed by atoms with Crippen LogP contribution in [0.4, 0.5) is 5.69 Å². The van der Waals surface area contributed by atoms with Gasteiger partial charge in [-0.25, -0.2) is 9.48 Å². The summed E-state index contributed by atoms with van der Waals surface area (Å²) >= 11 is 0. The van der Waals surface area contributed by atoms with Gasteiger partial charge in [0.15, 0.2) is 6.04 Å². The van der Waals surface area contributed by atoms with Crippen LogP contribution in [0.5, 0.6) is 0 Å². The van der Waals surface area contributed by atoms with Crippen LogP contribution in [-0.4, -0.2) is 39.8 Å². The summed E-state index contributed by atoms with van der Waals surface area (Å²) in [5.74, 6) is -0.452. The number of aryl methyl sites for hydroxylation is 1. The quantitative estimate of drug-likeness (QED) is 0.769. The highest BCUT2D eigenvalue weighted by molar-refractivity contribution is 5.80. The van der Waals surface area contributed by atoms with Crippen LogP contribution in [0.3, 0.4) is 0 Å². The minimum Gasteiger partial charge on any atom is -0.467 e. The minimum atomic E-state index is -0.745. The van der Waals surface area contributed by atoms with Gasteiger partial charge < -0.3 is 15.2 Å². The molecule has 0 aliphatic rings. The Morgan fingerprint density at radius 1 is 1.43 bits per heavy atom. The number of anilines is 1. The topological polar surface area (TPSA) is 89.3 Å². The van der Waals surface area contributed by atoms with E-state index in [2.05, 4.69) is 15.6 Å². The molecule has 112 valence electrons. The molecule has 0 radical (unpaired) electrons. The first-order valence-corrected chi connectivity index (χ1v) is 6.56. The number of aliphatic hydroxyl groups is 1. The van der Waals surface area contributed by atoms with Crippen LogP contribution >= 0.6 is 0 Å². The van der Waals surface area contributed by atoms with Gasteiger partial charge in [-0.05, 0) is 19.1 Å². The van der Waals surface area contributed by atoms with Gasteiger partial charge in [0.05, 0.1) is 26.5 Å². The van der Waals surface area contributed by atoms with Gasteiger partial charge in [0, 0.05) is 5.69 Å². The second-order valence-corrected chi connectivity index (χ2v) is 4.60. The first-order valence-electron chi connectivity index (χ1n) is 6.56. The van der Waals surface area contributed by atoms with Gasteiger partial charge in [-0.2, -0.15) is 0 Å². The molecule has 21 heavy (non-hydrogen) atoms. The summed E-state index contributed by atoms with van der Waals surface area (Å²) in [6.07, 6.45) is 1.61. The molecular formula is C14H18N4O3. The lowest BCUT2D eigenvalue weighted by Gasteiger charge is -2.15. The number of nitrogens with one attached hydrogen (secondary N) is 1. The number of nitrogens with zero attached hydrogens (tertiary/aromatic N) is 3. The first-order chi connectivity index (χ1) is 10.1. The van der Waals surface area contributed by atoms with E-state index in [0.717, 1.165) is 11.3 Å². The summed E-state index contributed by atoms with van der Waals surface area (Å²) in [5.41, 5.74) is 2.35. The van der Waals surface area contributed by atoms with E-state index in [0.29, 0.717) is 12.2 Å². The van der Waals surface area contributed by atoms with E-state index in [1.165, 1.54) is 11.8 Å². The van der Waals surface area contributed by atoms with Crippen molar-refractivity contribution in [3.63, 3.8) is 0 Å². The van der Waals surface area contributed by atoms with E-state index in [-0.39, 0.29) is 6.61 Å². The van der Waals surface area contributed by atoms with Crippen molar-refractivity contribution in [2.45, 2.75) is 19.5 Å². The number of rotatable bonds is 6. The first kappa shape index (κ1) is 15.0. The van der Waals surface area contributed by atoms with E-state index in [9.17, 15) is 4.79 Å². The molecule has 0 saturated heterocycles. The third-order valence-corrected chi connectivity index (χ3v) is 2.98. The van der Waals surface area contributed by atoms with Gasteiger partial charge >= 0.3 is 5.97 Å². The molecule has 0 bridgehead atoms. The van der Waals surface area contributed by atoms with E-state index < -0.39 is 12.0 Å². The number of hydrogen-bond donors (Lipinski definition) is 2. The lowest BCUT2D eigenvalue weighted by molar-refractivity contribution is -0.141. The Morgan fingerprint density at radius 2 is 2.14 bits per heavy atom. The second kappa shape index (κ2) is 6.85. The highest BCUT2D eigenvalue weighted by Crippen LogP contribution is 2.19. The van der Waals surface area contributed by atoms with Crippen molar-refractivity contribution < 1.29 is 14.6 Å². The van der Waals surface area contributed by atoms with Crippen molar-refractivity contribution in [2.24, 2.45) is 0 Å². The Labute approximate surface area is 122 Å². The van der Waals surface area contributed by atoms with Crippen molar-refractivity contribution in [3.05, 3.63) is 41.7 Å². The average Bonchev–Trinajstić information content (AvgIpc) is 2.94. The molecule has 7 nitrogen and oxygen atoms in total. The Hall–Kier alpha value is -2.41. The molecule has 2 aromatic rings. The molecule has 0 aliphatic carbocycles. The number of esters is 1. The van der Waals surface area contributed by atoms with E-state index in [1.807, 2.05) is 31.2 Å². The largest absolute Gasteiger partial charge is 0.467 e. The zero-order chi connectivity index (χ0) is 15.2. The van der Waals surface area contributed by atoms with Crippen molar-refractivity contribution in [2.75, 3.05) is 19.0 Å². The SMILES string of the molecule is COC(=O)C(Nc1ccc(C)cc1)c1cn(CCO)nn1. The van der Waals surface area contributed by atoms with Gasteiger partial charge in [-0.15, -0.1) is 5.10 Å². The maximum Gasteiger partial charge on any atom is 0.334 e. The third kappa shape index (κ3) is 3.79. The maximum absolute atomic E-state index is 11.9. The van der Waals surface area contributed by atoms with Gasteiger partial charge in [-0.3, -0.25) is 0 Å². The predicted molar refractivity (Wildman–Crippen MR) is 76.7 cm³/mol. The molecule has 1 heterocycles. The molecule has 1 aromatic carbocycles. The Morgan fingerprint density at radius 3 is 2.76 bits per heavy atom. The Kier molecular flexibility index (Phi) is 4.89. The van der Waals surface area contributed by atoms with Gasteiger partial charge in [0.1, 0.15) is 5.69 Å². The highest BCUT2D eigenvalue weighted by atomic mass is 16.5. The van der Waals surface area contributed by atoms with Crippen molar-refractivity contribution >= 4 is 11.7 Å². The summed E-state index contributed by atoms with van der Waals surface area (Å²) in [5, 5.41) is 19.8. The van der Waals surface area contributed by atoms with Crippen molar-refractivity contribution in [1.29, 1.82) is 0 Å². The summed E-state index contributed by atoms with van der Waals surface area (Å²) in [6, 6.07) is 6.90. The summed E-state index contributed by atoms with van der Waals surface area (Å²) in [6.45, 7) is 2.27. The number of carbonyl (C=O) groups excluding carboxylic acids is 1. The normalized spacial score (nSPS) is 12.0. The van der Waals surface area contributed by atoms with Gasteiger partial charge in [0.25, 0.3) is 0 Å². The summed E-state index contributed by atoms with van der Waals surface area (Å²) in [4.78, 5) is 11.9. The fourth-order valence-corrected chi connectivity index (χ4v) is 1.85. The molecule has 1 unspecified atom stereocenters. The molecule has 2 N–H and O–H groups in total. The lowest BCUT2D eigenvalue weighted by atomic mass is 10.2. The number of methoxy groups -OCH3 is 1. The molecule has 1 aromatic heterocycles. The van der Waals surface area contributed by atoms with Crippen LogP contribution in [0.1, 0.15) is 17.3 Å². The predicted octanol–water partition coefficient (Wildman–Crippen LogP) is 0.905. The average molecular weight is 290 g/mol. The lowest BCUT2D eigenvalue weighted by Crippen LogP contribution is -2.22. The molecule has 0 fully saturated rings. The smallest absolute Gasteiger partial charge is 0.334 e. The van der Waals surface area contributed by atoms with Crippen LogP contribution in [0.25, 0.3) is 0 Å². The molecule has 0 aliphatic heterocycles. The number of benzene rings is 1. The standard InChI is InChI=1S/C14H18N4O3/c1-10-3-5-11(6-4-10)15-13(14(20)21-2)12-9-18(7-8-19)17-16-12/h3-6,9,13,15,19H,7-8H2,1-2H3. The number of carbonyl (C=O) groups is 1. The van der Waals surface area contributed by atoms with E-state index >= 15 is 0 Å². The van der Waals surface area contributed by atoms with Crippen LogP contribution in [0.15, 0.2) is 30.5 Å². The zero-order valence-electron chi connectivity index (χ0n) is 12.0. The third-order valence-electron chi connectivity index (χ3n) is 2.98. The molecule has 0 amide bonds. The van der Waals surface area contributed by atoms with E-state index in [1.54, 1.807) is 6.20 Å². The molecule has 2 rings (SSSR count). The number of ether oxygens (including phenoxy) is 1. The second-order valence-electron chi connectivity index (χ2n) is 4.60. The molecular weight excluding hydrogens is 272 g/mol. The number of hydrogen-bond acceptors (Lipinski definition) is 6. The van der Waals surface area contributed by atoms with E-state index in [4.69, 9.17) is 9.84 Å². The Bertz CT molecular complexity index is 595. The monoisotopic (exact) mass is 290 g/mol. The fourth-order valence-electron chi connectivity index (χ4n) is 1.85. The zero-order valence-corrected chi connectivity index (χ0v) is 12.0. The maximum atomic E-state index is 11.9. The molecule has 1 atom stereocenters. The number of aromatic nitrogens is 3. The van der Waals surface area contributed by atoms with Crippen LogP contribution < -0.4 is 5.32 Å². The molecule has 7 heteroatoms. The highest BCUT2D eigenvalue weighted by Gasteiger charge is 2.24. The van der Waals surface area contributed by atoms with Crippen LogP contribution in [-0.2, 0) is 16.1 Å². The van der Waals surface area contributed by atoms with Gasteiger partial charge in [-0.1, -0.05) is 22.9 Å². The van der Waals surface area contributed by atoms with Gasteiger partial charge in [0.2, 0.25) is 0 Å². The fraction of sp³-hybridized carbons (Fsp3) is 0.357.